The van der Waals surface area contributed by atoms with Crippen LogP contribution in [0.25, 0.3) is 0 Å². The molecule has 96 valence electrons. The second-order valence-corrected chi connectivity index (χ2v) is 3.36. The highest BCUT2D eigenvalue weighted by Crippen LogP contribution is 2.15. The molecule has 1 aromatic heterocycles. The van der Waals surface area contributed by atoms with Gasteiger partial charge in [-0.25, -0.2) is 4.98 Å². The van der Waals surface area contributed by atoms with Crippen LogP contribution in [0.2, 0.25) is 0 Å². The standard InChI is InChI=1S/C11H18N2O4/c14-5-3-13(4-6-15)10-1-2-11(12-9-10)17-8-7-16/h1-2,9,14-16H,3-8H2. The molecular formula is C11H18N2O4. The number of anilines is 1. The molecule has 0 fully saturated rings. The molecule has 0 unspecified atom stereocenters. The molecule has 0 amide bonds. The van der Waals surface area contributed by atoms with E-state index in [1.807, 2.05) is 4.90 Å². The van der Waals surface area contributed by atoms with Crippen LogP contribution < -0.4 is 9.64 Å². The van der Waals surface area contributed by atoms with Crippen LogP contribution in [0.1, 0.15) is 0 Å². The average molecular weight is 242 g/mol. The van der Waals surface area contributed by atoms with E-state index in [0.29, 0.717) is 19.0 Å². The van der Waals surface area contributed by atoms with E-state index < -0.39 is 0 Å². The van der Waals surface area contributed by atoms with E-state index in [4.69, 9.17) is 20.1 Å². The van der Waals surface area contributed by atoms with E-state index >= 15 is 0 Å². The normalized spacial score (nSPS) is 10.3. The van der Waals surface area contributed by atoms with E-state index in [1.165, 1.54) is 0 Å². The number of nitrogens with zero attached hydrogens (tertiary/aromatic N) is 2. The maximum absolute atomic E-state index is 8.90. The Balaban J connectivity index is 2.63. The summed E-state index contributed by atoms with van der Waals surface area (Å²) in [6, 6.07) is 3.48. The van der Waals surface area contributed by atoms with Crippen LogP contribution in [0.3, 0.4) is 0 Å². The van der Waals surface area contributed by atoms with Crippen molar-refractivity contribution in [2.24, 2.45) is 0 Å². The highest BCUT2D eigenvalue weighted by atomic mass is 16.5. The fourth-order valence-electron chi connectivity index (χ4n) is 1.41. The molecule has 17 heavy (non-hydrogen) atoms. The molecular weight excluding hydrogens is 224 g/mol. The predicted octanol–water partition coefficient (Wildman–Crippen LogP) is -0.756. The number of rotatable bonds is 8. The molecule has 0 aliphatic rings. The zero-order valence-corrected chi connectivity index (χ0v) is 9.62. The largest absolute Gasteiger partial charge is 0.475 e. The van der Waals surface area contributed by atoms with Crippen LogP contribution in [-0.4, -0.2) is 59.8 Å². The molecule has 0 saturated heterocycles. The number of hydrogen-bond acceptors (Lipinski definition) is 6. The monoisotopic (exact) mass is 242 g/mol. The second-order valence-electron chi connectivity index (χ2n) is 3.36. The van der Waals surface area contributed by atoms with Gasteiger partial charge in [0.25, 0.3) is 0 Å². The van der Waals surface area contributed by atoms with Gasteiger partial charge >= 0.3 is 0 Å². The molecule has 0 radical (unpaired) electrons. The average Bonchev–Trinajstić information content (AvgIpc) is 2.37. The Morgan fingerprint density at radius 3 is 2.24 bits per heavy atom. The maximum atomic E-state index is 8.90. The van der Waals surface area contributed by atoms with E-state index in [-0.39, 0.29) is 26.4 Å². The topological polar surface area (TPSA) is 86.1 Å². The number of ether oxygens (including phenoxy) is 1. The molecule has 1 rings (SSSR count). The summed E-state index contributed by atoms with van der Waals surface area (Å²) in [5.74, 6) is 0.441. The van der Waals surface area contributed by atoms with E-state index in [1.54, 1.807) is 18.3 Å². The maximum Gasteiger partial charge on any atom is 0.213 e. The fraction of sp³-hybridized carbons (Fsp3) is 0.545. The van der Waals surface area contributed by atoms with Gasteiger partial charge in [-0.05, 0) is 6.07 Å². The summed E-state index contributed by atoms with van der Waals surface area (Å²) in [6.45, 7) is 1.08. The zero-order chi connectivity index (χ0) is 12.5. The van der Waals surface area contributed by atoms with E-state index in [0.717, 1.165) is 5.69 Å². The number of hydrogen-bond donors (Lipinski definition) is 3. The third kappa shape index (κ3) is 4.56. The Morgan fingerprint density at radius 1 is 1.06 bits per heavy atom. The summed E-state index contributed by atoms with van der Waals surface area (Å²) in [4.78, 5) is 5.89. The van der Waals surface area contributed by atoms with Crippen molar-refractivity contribution < 1.29 is 20.1 Å². The summed E-state index contributed by atoms with van der Waals surface area (Å²) in [6.07, 6.45) is 1.61. The fourth-order valence-corrected chi connectivity index (χ4v) is 1.41. The minimum absolute atomic E-state index is 0.0166. The van der Waals surface area contributed by atoms with Gasteiger partial charge in [-0.15, -0.1) is 0 Å². The lowest BCUT2D eigenvalue weighted by Gasteiger charge is -2.22. The molecule has 1 heterocycles. The molecule has 0 spiro atoms. The van der Waals surface area contributed by atoms with E-state index in [2.05, 4.69) is 4.98 Å². The first-order chi connectivity index (χ1) is 8.31. The molecule has 0 aromatic carbocycles. The molecule has 3 N–H and O–H groups in total. The Kier molecular flexibility index (Phi) is 6.31. The summed E-state index contributed by atoms with van der Waals surface area (Å²) < 4.78 is 5.13. The zero-order valence-electron chi connectivity index (χ0n) is 9.62. The van der Waals surface area contributed by atoms with Crippen molar-refractivity contribution in [2.75, 3.05) is 44.4 Å². The molecule has 0 saturated carbocycles. The lowest BCUT2D eigenvalue weighted by Crippen LogP contribution is -2.29. The third-order valence-electron chi connectivity index (χ3n) is 2.17. The molecule has 6 heteroatoms. The van der Waals surface area contributed by atoms with Gasteiger partial charge in [0.2, 0.25) is 5.88 Å². The number of aromatic nitrogens is 1. The molecule has 0 bridgehead atoms. The van der Waals surface area contributed by atoms with Crippen molar-refractivity contribution in [3.8, 4) is 5.88 Å². The van der Waals surface area contributed by atoms with Gasteiger partial charge in [0.15, 0.2) is 0 Å². The van der Waals surface area contributed by atoms with Crippen molar-refractivity contribution >= 4 is 5.69 Å². The first kappa shape index (κ1) is 13.7. The lowest BCUT2D eigenvalue weighted by molar-refractivity contribution is 0.196. The van der Waals surface area contributed by atoms with Crippen molar-refractivity contribution in [3.63, 3.8) is 0 Å². The Bertz CT molecular complexity index is 299. The van der Waals surface area contributed by atoms with Gasteiger partial charge in [0.1, 0.15) is 6.61 Å². The van der Waals surface area contributed by atoms with Gasteiger partial charge < -0.3 is 25.0 Å². The summed E-state index contributed by atoms with van der Waals surface area (Å²) in [5.41, 5.74) is 0.810. The van der Waals surface area contributed by atoms with Crippen LogP contribution in [-0.2, 0) is 0 Å². The summed E-state index contributed by atoms with van der Waals surface area (Å²) >= 11 is 0. The van der Waals surface area contributed by atoms with Crippen LogP contribution >= 0.6 is 0 Å². The van der Waals surface area contributed by atoms with Gasteiger partial charge in [0.05, 0.1) is 31.7 Å². The van der Waals surface area contributed by atoms with Crippen LogP contribution in [0.15, 0.2) is 18.3 Å². The van der Waals surface area contributed by atoms with Gasteiger partial charge in [-0.2, -0.15) is 0 Å². The first-order valence-electron chi connectivity index (χ1n) is 5.48. The summed E-state index contributed by atoms with van der Waals surface area (Å²) in [5, 5.41) is 26.4. The van der Waals surface area contributed by atoms with E-state index in [9.17, 15) is 0 Å². The summed E-state index contributed by atoms with van der Waals surface area (Å²) in [7, 11) is 0. The Morgan fingerprint density at radius 2 is 1.76 bits per heavy atom. The second kappa shape index (κ2) is 7.83. The van der Waals surface area contributed by atoms with Crippen LogP contribution in [0.5, 0.6) is 5.88 Å². The minimum atomic E-state index is -0.0510. The van der Waals surface area contributed by atoms with Crippen molar-refractivity contribution in [1.29, 1.82) is 0 Å². The van der Waals surface area contributed by atoms with Crippen molar-refractivity contribution in [2.45, 2.75) is 0 Å². The Hall–Kier alpha value is -1.37. The van der Waals surface area contributed by atoms with Gasteiger partial charge in [-0.3, -0.25) is 0 Å². The Labute approximate surface area is 100 Å². The third-order valence-corrected chi connectivity index (χ3v) is 2.17. The first-order valence-corrected chi connectivity index (χ1v) is 5.48. The number of aliphatic hydroxyl groups is 3. The molecule has 0 aliphatic heterocycles. The molecule has 1 aromatic rings. The molecule has 0 atom stereocenters. The number of aliphatic hydroxyl groups excluding tert-OH is 3. The number of pyridine rings is 1. The quantitative estimate of drug-likeness (QED) is 0.556. The van der Waals surface area contributed by atoms with Crippen molar-refractivity contribution in [1.82, 2.24) is 4.98 Å². The highest BCUT2D eigenvalue weighted by Gasteiger charge is 2.06. The smallest absolute Gasteiger partial charge is 0.213 e. The van der Waals surface area contributed by atoms with Crippen LogP contribution in [0, 0.1) is 0 Å². The van der Waals surface area contributed by atoms with Crippen molar-refractivity contribution in [3.05, 3.63) is 18.3 Å². The minimum Gasteiger partial charge on any atom is -0.475 e. The van der Waals surface area contributed by atoms with Crippen LogP contribution in [0.4, 0.5) is 5.69 Å². The molecule has 0 aliphatic carbocycles. The SMILES string of the molecule is OCCOc1ccc(N(CCO)CCO)cn1. The lowest BCUT2D eigenvalue weighted by atomic mass is 10.3. The van der Waals surface area contributed by atoms with Gasteiger partial charge in [0, 0.05) is 19.2 Å². The van der Waals surface area contributed by atoms with Gasteiger partial charge in [-0.1, -0.05) is 0 Å². The molecule has 6 nitrogen and oxygen atoms in total. The highest BCUT2D eigenvalue weighted by molar-refractivity contribution is 5.45. The predicted molar refractivity (Wildman–Crippen MR) is 63.2 cm³/mol.